The van der Waals surface area contributed by atoms with E-state index in [1.54, 1.807) is 0 Å². The topological polar surface area (TPSA) is 74.0 Å². The fraction of sp³-hybridized carbons (Fsp3) is 0.412. The lowest BCUT2D eigenvalue weighted by Gasteiger charge is -2.18. The van der Waals surface area contributed by atoms with Crippen LogP contribution >= 0.6 is 0 Å². The van der Waals surface area contributed by atoms with E-state index in [2.05, 4.69) is 15.6 Å². The van der Waals surface area contributed by atoms with Gasteiger partial charge in [0.2, 0.25) is 0 Å². The predicted molar refractivity (Wildman–Crippen MR) is 89.0 cm³/mol. The first kappa shape index (κ1) is 16.1. The van der Waals surface area contributed by atoms with Crippen LogP contribution < -0.4 is 16.2 Å². The molecule has 1 heterocycles. The minimum atomic E-state index is -0.265. The number of rotatable bonds is 3. The summed E-state index contributed by atoms with van der Waals surface area (Å²) in [5.74, 6) is 0. The molecule has 1 aromatic carbocycles. The number of aromatic amines is 1. The number of fused-ring (bicyclic) bond motifs is 1. The average molecular weight is 301 g/mol. The second-order valence-electron chi connectivity index (χ2n) is 6.81. The Bertz CT molecular complexity index is 742. The lowest BCUT2D eigenvalue weighted by Crippen LogP contribution is -2.40. The van der Waals surface area contributed by atoms with Gasteiger partial charge in [0, 0.05) is 24.2 Å². The third kappa shape index (κ3) is 4.35. The Kier molecular flexibility index (Phi) is 4.54. The maximum Gasteiger partial charge on any atom is 0.315 e. The third-order valence-electron chi connectivity index (χ3n) is 3.30. The quantitative estimate of drug-likeness (QED) is 0.815. The molecule has 5 heteroatoms. The number of H-pyrrole nitrogens is 1. The van der Waals surface area contributed by atoms with Gasteiger partial charge in [0.05, 0.1) is 0 Å². The summed E-state index contributed by atoms with van der Waals surface area (Å²) in [4.78, 5) is 26.6. The number of hydrogen-bond donors (Lipinski definition) is 3. The Morgan fingerprint density at radius 2 is 1.91 bits per heavy atom. The van der Waals surface area contributed by atoms with Crippen LogP contribution in [0.3, 0.4) is 0 Å². The highest BCUT2D eigenvalue weighted by Gasteiger charge is 2.12. The number of aromatic nitrogens is 1. The van der Waals surface area contributed by atoms with Crippen molar-refractivity contribution in [2.75, 3.05) is 6.54 Å². The van der Waals surface area contributed by atoms with Crippen molar-refractivity contribution in [1.82, 2.24) is 15.6 Å². The van der Waals surface area contributed by atoms with Crippen molar-refractivity contribution in [2.45, 2.75) is 34.2 Å². The monoisotopic (exact) mass is 301 g/mol. The molecule has 0 bridgehead atoms. The summed E-state index contributed by atoms with van der Waals surface area (Å²) in [6, 6.07) is 7.41. The van der Waals surface area contributed by atoms with Crippen molar-refractivity contribution in [3.8, 4) is 0 Å². The normalized spacial score (nSPS) is 11.5. The smallest absolute Gasteiger partial charge is 0.315 e. The summed E-state index contributed by atoms with van der Waals surface area (Å²) in [6.45, 7) is 8.92. The minimum absolute atomic E-state index is 0.0231. The van der Waals surface area contributed by atoms with Crippen molar-refractivity contribution in [3.63, 3.8) is 0 Å². The zero-order chi connectivity index (χ0) is 16.3. The molecule has 0 aliphatic rings. The van der Waals surface area contributed by atoms with Crippen LogP contribution in [0, 0.1) is 12.3 Å². The maximum atomic E-state index is 12.0. The third-order valence-corrected chi connectivity index (χ3v) is 3.30. The molecule has 2 aromatic rings. The summed E-state index contributed by atoms with van der Waals surface area (Å²) >= 11 is 0. The molecule has 0 radical (unpaired) electrons. The minimum Gasteiger partial charge on any atom is -0.338 e. The Hall–Kier alpha value is -2.30. The van der Waals surface area contributed by atoms with Gasteiger partial charge in [0.1, 0.15) is 0 Å². The van der Waals surface area contributed by atoms with Gasteiger partial charge in [-0.25, -0.2) is 4.79 Å². The lowest BCUT2D eigenvalue weighted by molar-refractivity contribution is 0.235. The van der Waals surface area contributed by atoms with Gasteiger partial charge in [0.25, 0.3) is 5.56 Å². The van der Waals surface area contributed by atoms with Crippen molar-refractivity contribution in [2.24, 2.45) is 5.41 Å². The van der Waals surface area contributed by atoms with Crippen LogP contribution in [0.25, 0.3) is 10.9 Å². The molecule has 3 N–H and O–H groups in total. The van der Waals surface area contributed by atoms with Gasteiger partial charge >= 0.3 is 6.03 Å². The standard InChI is InChI=1S/C17H23N3O2/c1-11-5-6-14-12(7-11)8-13(15(21)20-14)9-18-16(22)19-10-17(2,3)4/h5-8H,9-10H2,1-4H3,(H,20,21)(H2,18,19,22). The van der Waals surface area contributed by atoms with Gasteiger partial charge < -0.3 is 15.6 Å². The average Bonchev–Trinajstić information content (AvgIpc) is 2.42. The molecule has 0 fully saturated rings. The van der Waals surface area contributed by atoms with E-state index in [-0.39, 0.29) is 23.6 Å². The van der Waals surface area contributed by atoms with Crippen molar-refractivity contribution >= 4 is 16.9 Å². The van der Waals surface area contributed by atoms with Gasteiger partial charge in [-0.3, -0.25) is 4.79 Å². The molecule has 118 valence electrons. The number of amides is 2. The number of nitrogens with one attached hydrogen (secondary N) is 3. The zero-order valence-electron chi connectivity index (χ0n) is 13.5. The van der Waals surface area contributed by atoms with Crippen LogP contribution in [0.4, 0.5) is 4.79 Å². The molecule has 1 aromatic heterocycles. The van der Waals surface area contributed by atoms with Crippen molar-refractivity contribution in [3.05, 3.63) is 45.7 Å². The maximum absolute atomic E-state index is 12.0. The number of carbonyl (C=O) groups excluding carboxylic acids is 1. The van der Waals surface area contributed by atoms with Crippen LogP contribution in [0.15, 0.2) is 29.1 Å². The summed E-state index contributed by atoms with van der Waals surface area (Å²) in [5.41, 5.74) is 2.32. The van der Waals surface area contributed by atoms with Crippen molar-refractivity contribution < 1.29 is 4.79 Å². The van der Waals surface area contributed by atoms with Gasteiger partial charge in [0.15, 0.2) is 0 Å². The van der Waals surface area contributed by atoms with Crippen molar-refractivity contribution in [1.29, 1.82) is 0 Å². The molecule has 22 heavy (non-hydrogen) atoms. The molecule has 0 aliphatic heterocycles. The van der Waals surface area contributed by atoms with E-state index < -0.39 is 0 Å². The highest BCUT2D eigenvalue weighted by molar-refractivity contribution is 5.80. The molecule has 0 unspecified atom stereocenters. The first-order chi connectivity index (χ1) is 10.2. The molecule has 0 atom stereocenters. The number of benzene rings is 1. The van der Waals surface area contributed by atoms with E-state index in [0.29, 0.717) is 12.1 Å². The Balaban J connectivity index is 2.06. The predicted octanol–water partition coefficient (Wildman–Crippen LogP) is 2.68. The highest BCUT2D eigenvalue weighted by Crippen LogP contribution is 2.13. The molecule has 2 amide bonds. The van der Waals surface area contributed by atoms with E-state index in [1.165, 1.54) is 0 Å². The number of pyridine rings is 1. The van der Waals surface area contributed by atoms with Gasteiger partial charge in [-0.05, 0) is 35.9 Å². The van der Waals surface area contributed by atoms with Crippen LogP contribution in [-0.2, 0) is 6.54 Å². The Morgan fingerprint density at radius 3 is 2.59 bits per heavy atom. The summed E-state index contributed by atoms with van der Waals surface area (Å²) in [7, 11) is 0. The van der Waals surface area contributed by atoms with Crippen LogP contribution in [0.1, 0.15) is 31.9 Å². The molecule has 0 aliphatic carbocycles. The molecular weight excluding hydrogens is 278 g/mol. The summed E-state index contributed by atoms with van der Waals surface area (Å²) < 4.78 is 0. The van der Waals surface area contributed by atoms with Crippen LogP contribution in [0.5, 0.6) is 0 Å². The summed E-state index contributed by atoms with van der Waals surface area (Å²) in [5, 5.41) is 6.48. The molecule has 0 saturated carbocycles. The van der Waals surface area contributed by atoms with E-state index >= 15 is 0 Å². The van der Waals surface area contributed by atoms with E-state index in [1.807, 2.05) is 52.0 Å². The molecule has 0 spiro atoms. The first-order valence-electron chi connectivity index (χ1n) is 7.39. The number of urea groups is 1. The number of carbonyl (C=O) groups is 1. The van der Waals surface area contributed by atoms with E-state index in [9.17, 15) is 9.59 Å². The summed E-state index contributed by atoms with van der Waals surface area (Å²) in [6.07, 6.45) is 0. The lowest BCUT2D eigenvalue weighted by atomic mass is 9.97. The second-order valence-corrected chi connectivity index (χ2v) is 6.81. The Morgan fingerprint density at radius 1 is 1.18 bits per heavy atom. The SMILES string of the molecule is Cc1ccc2[nH]c(=O)c(CNC(=O)NCC(C)(C)C)cc2c1. The molecule has 5 nitrogen and oxygen atoms in total. The van der Waals surface area contributed by atoms with Gasteiger partial charge in [-0.15, -0.1) is 0 Å². The fourth-order valence-corrected chi connectivity index (χ4v) is 2.09. The van der Waals surface area contributed by atoms with E-state index in [0.717, 1.165) is 16.5 Å². The van der Waals surface area contributed by atoms with Gasteiger partial charge in [-0.2, -0.15) is 0 Å². The van der Waals surface area contributed by atoms with Crippen LogP contribution in [0.2, 0.25) is 0 Å². The molecule has 0 saturated heterocycles. The van der Waals surface area contributed by atoms with Crippen LogP contribution in [-0.4, -0.2) is 17.6 Å². The number of aryl methyl sites for hydroxylation is 1. The molecular formula is C17H23N3O2. The Labute approximate surface area is 130 Å². The first-order valence-corrected chi connectivity index (χ1v) is 7.39. The largest absolute Gasteiger partial charge is 0.338 e. The van der Waals surface area contributed by atoms with E-state index in [4.69, 9.17) is 0 Å². The number of hydrogen-bond acceptors (Lipinski definition) is 2. The highest BCUT2D eigenvalue weighted by atomic mass is 16.2. The fourth-order valence-electron chi connectivity index (χ4n) is 2.09. The zero-order valence-corrected chi connectivity index (χ0v) is 13.5. The van der Waals surface area contributed by atoms with Gasteiger partial charge in [-0.1, -0.05) is 32.4 Å². The molecule has 2 rings (SSSR count). The second kappa shape index (κ2) is 6.22.